The lowest BCUT2D eigenvalue weighted by Gasteiger charge is -2.26. The number of para-hydroxylation sites is 1. The lowest BCUT2D eigenvalue weighted by Crippen LogP contribution is -2.18. The predicted octanol–water partition coefficient (Wildman–Crippen LogP) is 5.74. The van der Waals surface area contributed by atoms with Crippen molar-refractivity contribution in [2.24, 2.45) is 0 Å². The van der Waals surface area contributed by atoms with Crippen molar-refractivity contribution in [1.82, 2.24) is 4.57 Å². The molecule has 0 radical (unpaired) electrons. The van der Waals surface area contributed by atoms with Crippen LogP contribution in [0.1, 0.15) is 34.8 Å². The molecule has 1 aliphatic heterocycles. The number of phenols is 1. The first-order chi connectivity index (χ1) is 16.5. The summed E-state index contributed by atoms with van der Waals surface area (Å²) >= 11 is 0. The molecule has 0 unspecified atom stereocenters. The number of carboxylic acid groups (broad SMARTS) is 1. The molecule has 3 aromatic carbocycles. The molecule has 0 amide bonds. The van der Waals surface area contributed by atoms with E-state index in [1.165, 1.54) is 13.2 Å². The topological polar surface area (TPSA) is 80.9 Å². The Kier molecular flexibility index (Phi) is 5.71. The lowest BCUT2D eigenvalue weighted by molar-refractivity contribution is 0.0697. The number of aromatic nitrogens is 1. The zero-order valence-electron chi connectivity index (χ0n) is 18.6. The molecule has 174 valence electrons. The minimum absolute atomic E-state index is 0.0719. The number of aromatic hydroxyl groups is 1. The van der Waals surface area contributed by atoms with Gasteiger partial charge in [0.15, 0.2) is 11.6 Å². The maximum Gasteiger partial charge on any atom is 0.335 e. The van der Waals surface area contributed by atoms with Crippen LogP contribution >= 0.6 is 0 Å². The largest absolute Gasteiger partial charge is 0.507 e. The van der Waals surface area contributed by atoms with Crippen molar-refractivity contribution >= 4 is 16.9 Å². The van der Waals surface area contributed by atoms with Crippen LogP contribution in [-0.4, -0.2) is 41.1 Å². The summed E-state index contributed by atoms with van der Waals surface area (Å²) in [6.07, 6.45) is 1.52. The first-order valence-corrected chi connectivity index (χ1v) is 11.1. The van der Waals surface area contributed by atoms with Crippen LogP contribution in [0.5, 0.6) is 11.5 Å². The number of methoxy groups -OCH3 is 1. The minimum Gasteiger partial charge on any atom is -0.507 e. The molecule has 1 saturated heterocycles. The third-order valence-corrected chi connectivity index (χ3v) is 6.43. The van der Waals surface area contributed by atoms with Gasteiger partial charge in [-0.25, -0.2) is 9.18 Å². The van der Waals surface area contributed by atoms with Gasteiger partial charge in [-0.05, 0) is 54.8 Å². The van der Waals surface area contributed by atoms with E-state index in [1.54, 1.807) is 48.5 Å². The molecular formula is C27H24FNO5. The van der Waals surface area contributed by atoms with Gasteiger partial charge in [0.1, 0.15) is 5.75 Å². The van der Waals surface area contributed by atoms with E-state index in [0.29, 0.717) is 29.8 Å². The van der Waals surface area contributed by atoms with Crippen LogP contribution in [0.2, 0.25) is 0 Å². The Hall–Kier alpha value is -3.84. The van der Waals surface area contributed by atoms with Gasteiger partial charge in [-0.2, -0.15) is 0 Å². The van der Waals surface area contributed by atoms with Crippen molar-refractivity contribution in [3.63, 3.8) is 0 Å². The summed E-state index contributed by atoms with van der Waals surface area (Å²) in [5.41, 5.74) is 3.90. The number of nitrogens with zero attached hydrogens (tertiary/aromatic N) is 1. The lowest BCUT2D eigenvalue weighted by atomic mass is 9.89. The van der Waals surface area contributed by atoms with E-state index in [0.717, 1.165) is 29.7 Å². The number of rotatable bonds is 5. The average molecular weight is 461 g/mol. The molecular weight excluding hydrogens is 437 g/mol. The zero-order valence-corrected chi connectivity index (χ0v) is 18.6. The highest BCUT2D eigenvalue weighted by Crippen LogP contribution is 2.47. The van der Waals surface area contributed by atoms with Gasteiger partial charge in [-0.1, -0.05) is 24.3 Å². The molecule has 7 heteroatoms. The van der Waals surface area contributed by atoms with Gasteiger partial charge in [0, 0.05) is 35.8 Å². The maximum atomic E-state index is 14.8. The third kappa shape index (κ3) is 3.58. The molecule has 4 aromatic rings. The molecule has 0 atom stereocenters. The molecule has 2 heterocycles. The SMILES string of the molecule is COc1c(F)cccc1-n1c(C2CCOCC2)c(-c2ccc(C(=O)O)cc2)c2c(O)cccc21. The van der Waals surface area contributed by atoms with E-state index in [9.17, 15) is 19.4 Å². The monoisotopic (exact) mass is 461 g/mol. The second-order valence-electron chi connectivity index (χ2n) is 8.33. The van der Waals surface area contributed by atoms with Crippen LogP contribution in [0.15, 0.2) is 60.7 Å². The van der Waals surface area contributed by atoms with E-state index in [4.69, 9.17) is 9.47 Å². The van der Waals surface area contributed by atoms with E-state index in [1.807, 2.05) is 10.6 Å². The Morgan fingerprint density at radius 3 is 2.44 bits per heavy atom. The summed E-state index contributed by atoms with van der Waals surface area (Å²) in [4.78, 5) is 11.4. The average Bonchev–Trinajstić information content (AvgIpc) is 3.20. The zero-order chi connectivity index (χ0) is 23.8. The standard InChI is InChI=1S/C27H24FNO5/c1-33-26-19(28)4-2-6-21(26)29-20-5-3-7-22(30)24(20)23(25(29)17-12-14-34-15-13-17)16-8-10-18(11-9-16)27(31)32/h2-11,17,30H,12-15H2,1H3,(H,31,32). The normalized spacial score (nSPS) is 14.4. The maximum absolute atomic E-state index is 14.8. The predicted molar refractivity (Wildman–Crippen MR) is 127 cm³/mol. The molecule has 2 N–H and O–H groups in total. The van der Waals surface area contributed by atoms with E-state index in [2.05, 4.69) is 0 Å². The Bertz CT molecular complexity index is 1370. The number of benzene rings is 3. The summed E-state index contributed by atoms with van der Waals surface area (Å²) in [5, 5.41) is 21.0. The fourth-order valence-corrected chi connectivity index (χ4v) is 4.90. The Labute approximate surface area is 195 Å². The number of carboxylic acids is 1. The quantitative estimate of drug-likeness (QED) is 0.396. The molecule has 0 saturated carbocycles. The van der Waals surface area contributed by atoms with E-state index < -0.39 is 11.8 Å². The van der Waals surface area contributed by atoms with Crippen molar-refractivity contribution < 1.29 is 28.9 Å². The summed E-state index contributed by atoms with van der Waals surface area (Å²) in [6.45, 7) is 1.19. The molecule has 1 fully saturated rings. The molecule has 0 bridgehead atoms. The summed E-state index contributed by atoms with van der Waals surface area (Å²) in [7, 11) is 1.44. The number of hydrogen-bond donors (Lipinski definition) is 2. The molecule has 0 spiro atoms. The molecule has 6 nitrogen and oxygen atoms in total. The van der Waals surface area contributed by atoms with Gasteiger partial charge >= 0.3 is 5.97 Å². The smallest absolute Gasteiger partial charge is 0.335 e. The van der Waals surface area contributed by atoms with Gasteiger partial charge in [0.25, 0.3) is 0 Å². The number of hydrogen-bond acceptors (Lipinski definition) is 4. The van der Waals surface area contributed by atoms with Gasteiger partial charge in [0.05, 0.1) is 23.9 Å². The van der Waals surface area contributed by atoms with Crippen molar-refractivity contribution in [3.05, 3.63) is 77.7 Å². The number of fused-ring (bicyclic) bond motifs is 1. The second kappa shape index (κ2) is 8.83. The highest BCUT2D eigenvalue weighted by atomic mass is 19.1. The highest BCUT2D eigenvalue weighted by Gasteiger charge is 2.30. The van der Waals surface area contributed by atoms with Gasteiger partial charge in [-0.3, -0.25) is 0 Å². The highest BCUT2D eigenvalue weighted by molar-refractivity contribution is 6.04. The van der Waals surface area contributed by atoms with Gasteiger partial charge < -0.3 is 24.3 Å². The summed E-state index contributed by atoms with van der Waals surface area (Å²) in [6, 6.07) is 16.7. The third-order valence-electron chi connectivity index (χ3n) is 6.43. The van der Waals surface area contributed by atoms with Crippen LogP contribution in [0.3, 0.4) is 0 Å². The number of phenolic OH excluding ortho intramolecular Hbond substituents is 1. The first-order valence-electron chi connectivity index (χ1n) is 11.1. The number of aromatic carboxylic acids is 1. The molecule has 5 rings (SSSR count). The second-order valence-corrected chi connectivity index (χ2v) is 8.33. The van der Waals surface area contributed by atoms with Gasteiger partial charge in [-0.15, -0.1) is 0 Å². The van der Waals surface area contributed by atoms with Crippen molar-refractivity contribution in [2.75, 3.05) is 20.3 Å². The number of carbonyl (C=O) groups is 1. The van der Waals surface area contributed by atoms with Gasteiger partial charge in [0.2, 0.25) is 0 Å². The summed E-state index contributed by atoms with van der Waals surface area (Å²) < 4.78 is 27.8. The first kappa shape index (κ1) is 22.0. The Morgan fingerprint density at radius 1 is 1.06 bits per heavy atom. The molecule has 1 aliphatic rings. The minimum atomic E-state index is -1.01. The van der Waals surface area contributed by atoms with E-state index >= 15 is 0 Å². The fourth-order valence-electron chi connectivity index (χ4n) is 4.90. The van der Waals surface area contributed by atoms with Crippen molar-refractivity contribution in [1.29, 1.82) is 0 Å². The van der Waals surface area contributed by atoms with E-state index in [-0.39, 0.29) is 23.0 Å². The van der Waals surface area contributed by atoms with Crippen LogP contribution in [-0.2, 0) is 4.74 Å². The summed E-state index contributed by atoms with van der Waals surface area (Å²) in [5.74, 6) is -1.21. The van der Waals surface area contributed by atoms with Crippen LogP contribution < -0.4 is 4.74 Å². The van der Waals surface area contributed by atoms with Crippen LogP contribution in [0.25, 0.3) is 27.7 Å². The molecule has 1 aromatic heterocycles. The molecule has 0 aliphatic carbocycles. The Morgan fingerprint density at radius 2 is 1.76 bits per heavy atom. The Balaban J connectivity index is 1.90. The number of ether oxygens (including phenoxy) is 2. The van der Waals surface area contributed by atoms with Crippen LogP contribution in [0, 0.1) is 5.82 Å². The van der Waals surface area contributed by atoms with Crippen molar-refractivity contribution in [3.8, 4) is 28.3 Å². The fraction of sp³-hybridized carbons (Fsp3) is 0.222. The van der Waals surface area contributed by atoms with Crippen LogP contribution in [0.4, 0.5) is 4.39 Å². The molecule has 34 heavy (non-hydrogen) atoms. The van der Waals surface area contributed by atoms with Crippen molar-refractivity contribution in [2.45, 2.75) is 18.8 Å². The number of halogens is 1.